The van der Waals surface area contributed by atoms with Crippen molar-refractivity contribution in [2.75, 3.05) is 26.7 Å². The summed E-state index contributed by atoms with van der Waals surface area (Å²) in [5.74, 6) is -1.14. The van der Waals surface area contributed by atoms with E-state index in [4.69, 9.17) is 0 Å². The molecule has 1 aromatic heterocycles. The van der Waals surface area contributed by atoms with E-state index in [0.29, 0.717) is 17.5 Å². The Balaban J connectivity index is 1.51. The molecule has 1 aromatic carbocycles. The Bertz CT molecular complexity index is 1050. The molecule has 1 aliphatic rings. The summed E-state index contributed by atoms with van der Waals surface area (Å²) in [5, 5.41) is 8.88. The number of nitrogens with zero attached hydrogens (tertiary/aromatic N) is 2. The SMILES string of the molecule is CC(C)C[C@H](NC(=O)[C@@H]1CCCN1C)C(=O)NCC(=O)CNC(=O)c1cccc2cccnc12. The average molecular weight is 468 g/mol. The molecule has 182 valence electrons. The van der Waals surface area contributed by atoms with Crippen LogP contribution in [-0.2, 0) is 14.4 Å². The highest BCUT2D eigenvalue weighted by atomic mass is 16.2. The highest BCUT2D eigenvalue weighted by Gasteiger charge is 2.31. The monoisotopic (exact) mass is 467 g/mol. The third-order valence-corrected chi connectivity index (χ3v) is 5.95. The maximum Gasteiger partial charge on any atom is 0.253 e. The van der Waals surface area contributed by atoms with Crippen molar-refractivity contribution in [2.45, 2.75) is 45.2 Å². The molecule has 0 aliphatic carbocycles. The molecule has 3 N–H and O–H groups in total. The molecular weight excluding hydrogens is 434 g/mol. The van der Waals surface area contributed by atoms with E-state index in [9.17, 15) is 19.2 Å². The molecule has 0 spiro atoms. The van der Waals surface area contributed by atoms with Crippen LogP contribution in [0.4, 0.5) is 0 Å². The van der Waals surface area contributed by atoms with E-state index in [1.807, 2.05) is 37.9 Å². The Hall–Kier alpha value is -3.33. The quantitative estimate of drug-likeness (QED) is 0.484. The highest BCUT2D eigenvalue weighted by molar-refractivity contribution is 6.06. The number of benzene rings is 1. The Morgan fingerprint density at radius 1 is 1.09 bits per heavy atom. The first-order valence-corrected chi connectivity index (χ1v) is 11.7. The first-order valence-electron chi connectivity index (χ1n) is 11.7. The summed E-state index contributed by atoms with van der Waals surface area (Å²) in [6.45, 7) is 4.33. The molecule has 2 atom stereocenters. The molecule has 0 bridgehead atoms. The van der Waals surface area contributed by atoms with Gasteiger partial charge in [0.25, 0.3) is 5.91 Å². The highest BCUT2D eigenvalue weighted by Crippen LogP contribution is 2.16. The molecule has 0 radical (unpaired) electrons. The standard InChI is InChI=1S/C25H33N5O4/c1-16(2)13-20(29-25(34)21-10-6-12-30(21)3)24(33)28-15-18(31)14-27-23(32)19-9-4-7-17-8-5-11-26-22(17)19/h4-5,7-9,11,16,20-21H,6,10,12-15H2,1-3H3,(H,27,32)(H,28,33)(H,29,34)/t20-,21-/m0/s1. The van der Waals surface area contributed by atoms with E-state index in [1.54, 1.807) is 24.4 Å². The normalized spacial score (nSPS) is 16.9. The number of amides is 3. The number of pyridine rings is 1. The third kappa shape index (κ3) is 6.60. The van der Waals surface area contributed by atoms with Gasteiger partial charge in [-0.3, -0.25) is 29.1 Å². The van der Waals surface area contributed by atoms with Crippen molar-refractivity contribution in [1.29, 1.82) is 0 Å². The summed E-state index contributed by atoms with van der Waals surface area (Å²) in [4.78, 5) is 56.5. The smallest absolute Gasteiger partial charge is 0.253 e. The van der Waals surface area contributed by atoms with Gasteiger partial charge in [-0.1, -0.05) is 32.0 Å². The average Bonchev–Trinajstić information content (AvgIpc) is 3.25. The number of nitrogens with one attached hydrogen (secondary N) is 3. The van der Waals surface area contributed by atoms with Crippen LogP contribution in [0.3, 0.4) is 0 Å². The minimum Gasteiger partial charge on any atom is -0.347 e. The van der Waals surface area contributed by atoms with Crippen molar-refractivity contribution in [3.63, 3.8) is 0 Å². The Labute approximate surface area is 199 Å². The lowest BCUT2D eigenvalue weighted by Gasteiger charge is -2.24. The number of para-hydroxylation sites is 1. The number of hydrogen-bond donors (Lipinski definition) is 3. The molecule has 34 heavy (non-hydrogen) atoms. The fourth-order valence-electron chi connectivity index (χ4n) is 4.15. The van der Waals surface area contributed by atoms with E-state index in [-0.39, 0.29) is 36.7 Å². The summed E-state index contributed by atoms with van der Waals surface area (Å²) in [7, 11) is 1.90. The summed E-state index contributed by atoms with van der Waals surface area (Å²) < 4.78 is 0. The summed E-state index contributed by atoms with van der Waals surface area (Å²) in [5.41, 5.74) is 0.940. The van der Waals surface area contributed by atoms with Crippen molar-refractivity contribution in [3.8, 4) is 0 Å². The maximum absolute atomic E-state index is 12.7. The molecule has 2 heterocycles. The van der Waals surface area contributed by atoms with Crippen molar-refractivity contribution in [1.82, 2.24) is 25.8 Å². The summed E-state index contributed by atoms with van der Waals surface area (Å²) >= 11 is 0. The molecule has 1 aliphatic heterocycles. The van der Waals surface area contributed by atoms with Crippen LogP contribution >= 0.6 is 0 Å². The van der Waals surface area contributed by atoms with Crippen molar-refractivity contribution < 1.29 is 19.2 Å². The Morgan fingerprint density at radius 2 is 1.82 bits per heavy atom. The van der Waals surface area contributed by atoms with Gasteiger partial charge in [0, 0.05) is 11.6 Å². The number of aromatic nitrogens is 1. The number of fused-ring (bicyclic) bond motifs is 1. The number of carbonyl (C=O) groups is 4. The number of likely N-dealkylation sites (tertiary alicyclic amines) is 1. The lowest BCUT2D eigenvalue weighted by atomic mass is 10.0. The van der Waals surface area contributed by atoms with Crippen LogP contribution in [0.2, 0.25) is 0 Å². The van der Waals surface area contributed by atoms with Gasteiger partial charge in [0.1, 0.15) is 6.04 Å². The zero-order valence-electron chi connectivity index (χ0n) is 20.0. The molecule has 0 saturated carbocycles. The molecular formula is C25H33N5O4. The van der Waals surface area contributed by atoms with Gasteiger partial charge in [-0.2, -0.15) is 0 Å². The van der Waals surface area contributed by atoms with Crippen molar-refractivity contribution >= 4 is 34.4 Å². The second-order valence-electron chi connectivity index (χ2n) is 9.15. The maximum atomic E-state index is 12.7. The van der Waals surface area contributed by atoms with E-state index in [1.165, 1.54) is 0 Å². The molecule has 9 heteroatoms. The fraction of sp³-hybridized carbons (Fsp3) is 0.480. The molecule has 0 unspecified atom stereocenters. The van der Waals surface area contributed by atoms with E-state index >= 15 is 0 Å². The number of ketones is 1. The predicted octanol–water partition coefficient (Wildman–Crippen LogP) is 1.28. The largest absolute Gasteiger partial charge is 0.347 e. The molecule has 1 saturated heterocycles. The van der Waals surface area contributed by atoms with Crippen molar-refractivity contribution in [3.05, 3.63) is 42.1 Å². The van der Waals surface area contributed by atoms with Gasteiger partial charge >= 0.3 is 0 Å². The third-order valence-electron chi connectivity index (χ3n) is 5.95. The van der Waals surface area contributed by atoms with E-state index in [0.717, 1.165) is 24.8 Å². The molecule has 3 rings (SSSR count). The van der Waals surface area contributed by atoms with E-state index in [2.05, 4.69) is 20.9 Å². The Kier molecular flexibility index (Phi) is 8.70. The van der Waals surface area contributed by atoms with Crippen LogP contribution in [-0.4, -0.2) is 72.2 Å². The van der Waals surface area contributed by atoms with Crippen molar-refractivity contribution in [2.24, 2.45) is 5.92 Å². The van der Waals surface area contributed by atoms with Gasteiger partial charge in [-0.05, 0) is 50.9 Å². The lowest BCUT2D eigenvalue weighted by Crippen LogP contribution is -2.53. The topological polar surface area (TPSA) is 121 Å². The molecule has 3 amide bonds. The van der Waals surface area contributed by atoms with Gasteiger partial charge in [0.05, 0.1) is 30.2 Å². The van der Waals surface area contributed by atoms with Crippen LogP contribution in [0.25, 0.3) is 10.9 Å². The number of hydrogen-bond acceptors (Lipinski definition) is 6. The zero-order chi connectivity index (χ0) is 24.7. The lowest BCUT2D eigenvalue weighted by molar-refractivity contribution is -0.132. The zero-order valence-corrected chi connectivity index (χ0v) is 20.0. The number of Topliss-reactive ketones (excluding diaryl/α,β-unsaturated/α-hetero) is 1. The number of carbonyl (C=O) groups excluding carboxylic acids is 4. The van der Waals surface area contributed by atoms with Gasteiger partial charge in [0.15, 0.2) is 5.78 Å². The minimum atomic E-state index is -0.717. The van der Waals surface area contributed by atoms with Gasteiger partial charge < -0.3 is 16.0 Å². The first-order chi connectivity index (χ1) is 16.3. The number of rotatable bonds is 10. The van der Waals surface area contributed by atoms with Crippen LogP contribution in [0.5, 0.6) is 0 Å². The summed E-state index contributed by atoms with van der Waals surface area (Å²) in [6, 6.07) is 7.96. The fourth-order valence-corrected chi connectivity index (χ4v) is 4.15. The predicted molar refractivity (Wildman–Crippen MR) is 129 cm³/mol. The molecule has 2 aromatic rings. The van der Waals surface area contributed by atoms with E-state index < -0.39 is 17.9 Å². The second kappa shape index (κ2) is 11.7. The van der Waals surface area contributed by atoms with Crippen LogP contribution < -0.4 is 16.0 Å². The first kappa shape index (κ1) is 25.3. The van der Waals surface area contributed by atoms with Gasteiger partial charge in [-0.25, -0.2) is 0 Å². The summed E-state index contributed by atoms with van der Waals surface area (Å²) in [6.07, 6.45) is 3.79. The minimum absolute atomic E-state index is 0.164. The van der Waals surface area contributed by atoms with Crippen LogP contribution in [0.15, 0.2) is 36.5 Å². The van der Waals surface area contributed by atoms with Gasteiger partial charge in [0.2, 0.25) is 11.8 Å². The van der Waals surface area contributed by atoms with Gasteiger partial charge in [-0.15, -0.1) is 0 Å². The van der Waals surface area contributed by atoms with Crippen LogP contribution in [0, 0.1) is 5.92 Å². The molecule has 1 fully saturated rings. The number of likely N-dealkylation sites (N-methyl/N-ethyl adjacent to an activating group) is 1. The molecule has 9 nitrogen and oxygen atoms in total. The Morgan fingerprint density at radius 3 is 2.53 bits per heavy atom. The van der Waals surface area contributed by atoms with Crippen LogP contribution in [0.1, 0.15) is 43.5 Å². The second-order valence-corrected chi connectivity index (χ2v) is 9.15.